The van der Waals surface area contributed by atoms with Crippen LogP contribution in [0.25, 0.3) is 0 Å². The monoisotopic (exact) mass is 252 g/mol. The van der Waals surface area contributed by atoms with Crippen molar-refractivity contribution in [3.05, 3.63) is 23.8 Å². The van der Waals surface area contributed by atoms with Crippen molar-refractivity contribution in [2.45, 2.75) is 19.3 Å². The van der Waals surface area contributed by atoms with Gasteiger partial charge >= 0.3 is 0 Å². The van der Waals surface area contributed by atoms with Crippen molar-refractivity contribution in [1.82, 2.24) is 5.32 Å². The molecule has 1 aromatic carbocycles. The van der Waals surface area contributed by atoms with Gasteiger partial charge in [0.2, 0.25) is 5.91 Å². The van der Waals surface area contributed by atoms with E-state index in [-0.39, 0.29) is 36.8 Å². The molecule has 0 aromatic heterocycles. The van der Waals surface area contributed by atoms with E-state index in [4.69, 9.17) is 5.11 Å². The van der Waals surface area contributed by atoms with Gasteiger partial charge in [0.15, 0.2) is 0 Å². The Hall–Kier alpha value is -2.24. The van der Waals surface area contributed by atoms with Crippen LogP contribution >= 0.6 is 0 Å². The lowest BCUT2D eigenvalue weighted by molar-refractivity contribution is -0.305. The number of carbonyl (C=O) groups is 2. The Kier molecular flexibility index (Phi) is 4.98. The van der Waals surface area contributed by atoms with Crippen LogP contribution in [0.2, 0.25) is 0 Å². The molecule has 0 atom stereocenters. The van der Waals surface area contributed by atoms with Crippen LogP contribution in [0.5, 0.6) is 11.5 Å². The minimum atomic E-state index is -1.26. The number of carboxylic acids is 1. The molecule has 1 amide bonds. The Balaban J connectivity index is 2.33. The standard InChI is InChI=1S/C12H15NO5/c14-9-2-1-8(10(15)7-9)5-6-13-11(16)3-4-12(17)18/h1-2,7,14-15H,3-6H2,(H,13,16)(H,17,18)/p-1. The molecule has 0 fully saturated rings. The largest absolute Gasteiger partial charge is 0.550 e. The van der Waals surface area contributed by atoms with E-state index in [1.54, 1.807) is 6.07 Å². The molecular formula is C12H14NO5-. The van der Waals surface area contributed by atoms with Crippen molar-refractivity contribution in [3.63, 3.8) is 0 Å². The fourth-order valence-electron chi connectivity index (χ4n) is 1.40. The molecule has 0 saturated carbocycles. The Morgan fingerprint density at radius 2 is 1.94 bits per heavy atom. The number of rotatable bonds is 6. The highest BCUT2D eigenvalue weighted by Gasteiger charge is 2.04. The number of aliphatic carboxylic acids is 1. The Bertz CT molecular complexity index is 444. The van der Waals surface area contributed by atoms with E-state index in [0.29, 0.717) is 12.0 Å². The molecule has 0 spiro atoms. The zero-order chi connectivity index (χ0) is 13.5. The lowest BCUT2D eigenvalue weighted by Gasteiger charge is -2.07. The predicted molar refractivity (Wildman–Crippen MR) is 60.7 cm³/mol. The summed E-state index contributed by atoms with van der Waals surface area (Å²) in [6, 6.07) is 4.21. The molecule has 0 aliphatic heterocycles. The Labute approximate surface area is 104 Å². The first kappa shape index (κ1) is 13.8. The number of amides is 1. The SMILES string of the molecule is O=C([O-])CCC(=O)NCCc1ccc(O)cc1O. The fraction of sp³-hybridized carbons (Fsp3) is 0.333. The van der Waals surface area contributed by atoms with E-state index in [1.165, 1.54) is 12.1 Å². The number of carboxylic acid groups (broad SMARTS) is 1. The maximum absolute atomic E-state index is 11.2. The summed E-state index contributed by atoms with van der Waals surface area (Å²) in [6.45, 7) is 0.282. The third-order valence-corrected chi connectivity index (χ3v) is 2.34. The minimum Gasteiger partial charge on any atom is -0.550 e. The highest BCUT2D eigenvalue weighted by molar-refractivity contribution is 5.79. The third-order valence-electron chi connectivity index (χ3n) is 2.34. The number of carbonyl (C=O) groups excluding carboxylic acids is 2. The first-order valence-corrected chi connectivity index (χ1v) is 5.46. The van der Waals surface area contributed by atoms with Crippen LogP contribution in [0.1, 0.15) is 18.4 Å². The maximum atomic E-state index is 11.2. The van der Waals surface area contributed by atoms with E-state index < -0.39 is 5.97 Å². The Morgan fingerprint density at radius 3 is 2.56 bits per heavy atom. The molecule has 0 aliphatic carbocycles. The van der Waals surface area contributed by atoms with Gasteiger partial charge in [0.1, 0.15) is 11.5 Å². The maximum Gasteiger partial charge on any atom is 0.220 e. The molecule has 0 bridgehead atoms. The molecule has 6 heteroatoms. The molecule has 0 heterocycles. The summed E-state index contributed by atoms with van der Waals surface area (Å²) in [5.74, 6) is -1.72. The average molecular weight is 252 g/mol. The first-order valence-electron chi connectivity index (χ1n) is 5.46. The molecule has 0 radical (unpaired) electrons. The topological polar surface area (TPSA) is 110 Å². The minimum absolute atomic E-state index is 0.0331. The van der Waals surface area contributed by atoms with Crippen molar-refractivity contribution in [3.8, 4) is 11.5 Å². The van der Waals surface area contributed by atoms with Gasteiger partial charge < -0.3 is 25.4 Å². The van der Waals surface area contributed by atoms with Gasteiger partial charge in [-0.05, 0) is 24.5 Å². The lowest BCUT2D eigenvalue weighted by atomic mass is 10.1. The molecule has 0 saturated heterocycles. The normalized spacial score (nSPS) is 10.0. The average Bonchev–Trinajstić information content (AvgIpc) is 2.29. The predicted octanol–water partition coefficient (Wildman–Crippen LogP) is -0.713. The highest BCUT2D eigenvalue weighted by Crippen LogP contribution is 2.22. The van der Waals surface area contributed by atoms with E-state index in [2.05, 4.69) is 5.32 Å². The number of benzene rings is 1. The summed E-state index contributed by atoms with van der Waals surface area (Å²) in [4.78, 5) is 21.3. The molecule has 0 unspecified atom stereocenters. The second-order valence-corrected chi connectivity index (χ2v) is 3.78. The van der Waals surface area contributed by atoms with Crippen molar-refractivity contribution >= 4 is 11.9 Å². The summed E-state index contributed by atoms with van der Waals surface area (Å²) in [7, 11) is 0. The smallest absolute Gasteiger partial charge is 0.220 e. The van der Waals surface area contributed by atoms with E-state index >= 15 is 0 Å². The fourth-order valence-corrected chi connectivity index (χ4v) is 1.40. The molecule has 0 aliphatic rings. The number of aromatic hydroxyl groups is 2. The van der Waals surface area contributed by atoms with Crippen molar-refractivity contribution in [1.29, 1.82) is 0 Å². The van der Waals surface area contributed by atoms with E-state index in [1.807, 2.05) is 0 Å². The third kappa shape index (κ3) is 4.73. The molecular weight excluding hydrogens is 238 g/mol. The van der Waals surface area contributed by atoms with Crippen LogP contribution in [0.4, 0.5) is 0 Å². The van der Waals surface area contributed by atoms with Gasteiger partial charge in [-0.3, -0.25) is 4.79 Å². The molecule has 18 heavy (non-hydrogen) atoms. The molecule has 1 aromatic rings. The van der Waals surface area contributed by atoms with Crippen LogP contribution in [0, 0.1) is 0 Å². The van der Waals surface area contributed by atoms with Crippen LogP contribution in [-0.4, -0.2) is 28.6 Å². The lowest BCUT2D eigenvalue weighted by Crippen LogP contribution is -2.29. The van der Waals surface area contributed by atoms with Gasteiger partial charge in [-0.25, -0.2) is 0 Å². The Morgan fingerprint density at radius 1 is 1.22 bits per heavy atom. The zero-order valence-corrected chi connectivity index (χ0v) is 9.68. The van der Waals surface area contributed by atoms with E-state index in [0.717, 1.165) is 0 Å². The molecule has 98 valence electrons. The van der Waals surface area contributed by atoms with Gasteiger partial charge in [-0.15, -0.1) is 0 Å². The first-order chi connectivity index (χ1) is 8.49. The summed E-state index contributed by atoms with van der Waals surface area (Å²) in [5, 5.41) is 31.2. The summed E-state index contributed by atoms with van der Waals surface area (Å²) >= 11 is 0. The molecule has 3 N–H and O–H groups in total. The van der Waals surface area contributed by atoms with Gasteiger partial charge in [-0.1, -0.05) is 6.07 Å². The molecule has 1 rings (SSSR count). The summed E-state index contributed by atoms with van der Waals surface area (Å²) in [5.41, 5.74) is 0.591. The van der Waals surface area contributed by atoms with Crippen LogP contribution in [0.15, 0.2) is 18.2 Å². The van der Waals surface area contributed by atoms with Crippen LogP contribution in [-0.2, 0) is 16.0 Å². The van der Waals surface area contributed by atoms with Crippen molar-refractivity contribution in [2.75, 3.05) is 6.54 Å². The van der Waals surface area contributed by atoms with Crippen LogP contribution in [0.3, 0.4) is 0 Å². The summed E-state index contributed by atoms with van der Waals surface area (Å²) < 4.78 is 0. The zero-order valence-electron chi connectivity index (χ0n) is 9.68. The number of hydrogen-bond donors (Lipinski definition) is 3. The van der Waals surface area contributed by atoms with Crippen LogP contribution < -0.4 is 10.4 Å². The van der Waals surface area contributed by atoms with E-state index in [9.17, 15) is 19.8 Å². The number of hydrogen-bond acceptors (Lipinski definition) is 5. The number of phenolic OH excluding ortho intramolecular Hbond substituents is 2. The second kappa shape index (κ2) is 6.48. The van der Waals surface area contributed by atoms with Gasteiger partial charge in [0.05, 0.1) is 0 Å². The van der Waals surface area contributed by atoms with Gasteiger partial charge in [-0.2, -0.15) is 0 Å². The van der Waals surface area contributed by atoms with Crippen molar-refractivity contribution < 1.29 is 24.9 Å². The summed E-state index contributed by atoms with van der Waals surface area (Å²) in [6.07, 6.45) is -0.0383. The van der Waals surface area contributed by atoms with Gasteiger partial charge in [0, 0.05) is 25.0 Å². The van der Waals surface area contributed by atoms with Crippen molar-refractivity contribution in [2.24, 2.45) is 0 Å². The number of phenols is 2. The highest BCUT2D eigenvalue weighted by atomic mass is 16.4. The molecule has 6 nitrogen and oxygen atoms in total. The number of nitrogens with one attached hydrogen (secondary N) is 1. The second-order valence-electron chi connectivity index (χ2n) is 3.78. The van der Waals surface area contributed by atoms with Gasteiger partial charge in [0.25, 0.3) is 0 Å². The quantitative estimate of drug-likeness (QED) is 0.619.